The molecule has 0 atom stereocenters. The van der Waals surface area contributed by atoms with E-state index in [1.807, 2.05) is 0 Å². The Kier molecular flexibility index (Phi) is 19.9. The normalized spacial score (nSPS) is 4.75. The number of halogens is 1. The van der Waals surface area contributed by atoms with Crippen LogP contribution in [0.5, 0.6) is 0 Å². The van der Waals surface area contributed by atoms with Gasteiger partial charge in [0.05, 0.1) is 0 Å². The molecule has 0 bridgehead atoms. The minimum atomic E-state index is 0. The van der Waals surface area contributed by atoms with Crippen LogP contribution < -0.4 is 0 Å². The fourth-order valence-electron chi connectivity index (χ4n) is 0. The van der Waals surface area contributed by atoms with Crippen LogP contribution in [-0.4, -0.2) is 0 Å². The summed E-state index contributed by atoms with van der Waals surface area (Å²) < 4.78 is 0. The van der Waals surface area contributed by atoms with E-state index in [2.05, 4.69) is 6.92 Å². The molecule has 0 N–H and O–H groups in total. The fraction of sp³-hybridized carbons (Fsp3) is 1.00. The number of hydrogen-bond donors (Lipinski definition) is 0. The van der Waals surface area contributed by atoms with Crippen molar-refractivity contribution < 1.29 is 18.3 Å². The van der Waals surface area contributed by atoms with Gasteiger partial charge in [0.25, 0.3) is 0 Å². The predicted octanol–water partition coefficient (Wildman–Crippen LogP) is 1.59. The monoisotopic (exact) mass is 221 g/mol. The SMILES string of the molecule is C[CH2][Zn].I. The molecule has 0 amide bonds. The van der Waals surface area contributed by atoms with E-state index in [0.717, 1.165) is 0 Å². The Balaban J connectivity index is 0. The predicted molar refractivity (Wildman–Crippen MR) is 25.9 cm³/mol. The van der Waals surface area contributed by atoms with Gasteiger partial charge in [-0.25, -0.2) is 0 Å². The molecule has 0 nitrogen and oxygen atoms in total. The molecule has 0 aromatic carbocycles. The van der Waals surface area contributed by atoms with Crippen molar-refractivity contribution in [1.82, 2.24) is 0 Å². The minimum absolute atomic E-state index is 0. The van der Waals surface area contributed by atoms with Crippen LogP contribution in [0.1, 0.15) is 6.92 Å². The van der Waals surface area contributed by atoms with Gasteiger partial charge in [0.2, 0.25) is 0 Å². The Bertz CT molecular complexity index is 6.00. The quantitative estimate of drug-likeness (QED) is 0.431. The molecular formula is C2H6IZn. The molecule has 4 heavy (non-hydrogen) atoms. The Morgan fingerprint density at radius 3 is 1.75 bits per heavy atom. The molecule has 0 spiro atoms. The molecule has 0 radical (unpaired) electrons. The molecule has 0 aliphatic heterocycles. The van der Waals surface area contributed by atoms with Crippen molar-refractivity contribution in [3.05, 3.63) is 0 Å². The first kappa shape index (κ1) is 9.02. The van der Waals surface area contributed by atoms with Crippen molar-refractivity contribution >= 4 is 24.0 Å². The second kappa shape index (κ2) is 8.84. The van der Waals surface area contributed by atoms with Gasteiger partial charge in [-0.2, -0.15) is 0 Å². The summed E-state index contributed by atoms with van der Waals surface area (Å²) in [6.07, 6.45) is 0. The average Bonchev–Trinajstić information content (AvgIpc) is 0.918. The molecule has 0 aliphatic rings. The van der Waals surface area contributed by atoms with Crippen LogP contribution in [0.3, 0.4) is 0 Å². The van der Waals surface area contributed by atoms with E-state index in [0.29, 0.717) is 0 Å². The van der Waals surface area contributed by atoms with Crippen molar-refractivity contribution in [2.24, 2.45) is 0 Å². The Hall–Kier alpha value is 1.35. The number of hydrogen-bond acceptors (Lipinski definition) is 0. The maximum absolute atomic E-state index is 2.18. The van der Waals surface area contributed by atoms with E-state index in [1.165, 1.54) is 23.3 Å². The fourth-order valence-corrected chi connectivity index (χ4v) is 0. The van der Waals surface area contributed by atoms with Crippen molar-refractivity contribution in [3.63, 3.8) is 0 Å². The van der Waals surface area contributed by atoms with Crippen LogP contribution >= 0.6 is 24.0 Å². The molecule has 0 aliphatic carbocycles. The maximum atomic E-state index is 2.18. The summed E-state index contributed by atoms with van der Waals surface area (Å²) in [5.41, 5.74) is 0. The third-order valence-corrected chi connectivity index (χ3v) is 0. The van der Waals surface area contributed by atoms with Crippen LogP contribution in [0.4, 0.5) is 0 Å². The molecular weight excluding hydrogens is 216 g/mol. The summed E-state index contributed by atoms with van der Waals surface area (Å²) in [6.45, 7) is 2.18. The van der Waals surface area contributed by atoms with Crippen LogP contribution in [0.2, 0.25) is 5.02 Å². The van der Waals surface area contributed by atoms with Gasteiger partial charge >= 0.3 is 30.2 Å². The summed E-state index contributed by atoms with van der Waals surface area (Å²) in [6, 6.07) is 0. The van der Waals surface area contributed by atoms with Gasteiger partial charge in [0.1, 0.15) is 0 Å². The van der Waals surface area contributed by atoms with Crippen LogP contribution in [0.15, 0.2) is 0 Å². The standard InChI is InChI=1S/C2H5.HI.Zn/c1-2;;/h1H2,2H3;1H;. The Morgan fingerprint density at radius 2 is 1.75 bits per heavy atom. The van der Waals surface area contributed by atoms with Gasteiger partial charge in [-0.15, -0.1) is 24.0 Å². The van der Waals surface area contributed by atoms with Crippen LogP contribution in [0.25, 0.3) is 0 Å². The summed E-state index contributed by atoms with van der Waals surface area (Å²) in [5, 5.41) is 1.38. The Labute approximate surface area is 54.0 Å². The molecule has 0 fully saturated rings. The van der Waals surface area contributed by atoms with E-state index >= 15 is 0 Å². The number of rotatable bonds is 0. The molecule has 0 saturated heterocycles. The molecule has 23 valence electrons. The van der Waals surface area contributed by atoms with Crippen molar-refractivity contribution in [2.75, 3.05) is 0 Å². The zero-order valence-electron chi connectivity index (χ0n) is 2.82. The van der Waals surface area contributed by atoms with Crippen molar-refractivity contribution in [2.45, 2.75) is 11.9 Å². The van der Waals surface area contributed by atoms with Gasteiger partial charge in [-0.05, 0) is 0 Å². The molecule has 0 aromatic heterocycles. The summed E-state index contributed by atoms with van der Waals surface area (Å²) in [7, 11) is 0. The first-order valence-corrected chi connectivity index (χ1v) is 3.31. The van der Waals surface area contributed by atoms with E-state index in [-0.39, 0.29) is 24.0 Å². The van der Waals surface area contributed by atoms with E-state index in [9.17, 15) is 0 Å². The molecule has 0 unspecified atom stereocenters. The van der Waals surface area contributed by atoms with Gasteiger partial charge in [-0.3, -0.25) is 0 Å². The van der Waals surface area contributed by atoms with Gasteiger partial charge < -0.3 is 0 Å². The Morgan fingerprint density at radius 1 is 1.75 bits per heavy atom. The maximum Gasteiger partial charge on any atom is -0.107 e. The van der Waals surface area contributed by atoms with E-state index in [4.69, 9.17) is 0 Å². The molecule has 0 aromatic rings. The van der Waals surface area contributed by atoms with Gasteiger partial charge in [-0.1, -0.05) is 0 Å². The van der Waals surface area contributed by atoms with Crippen LogP contribution in [0, 0.1) is 0 Å². The first-order chi connectivity index (χ1) is 1.41. The third-order valence-electron chi connectivity index (χ3n) is 0. The molecule has 0 rings (SSSR count). The van der Waals surface area contributed by atoms with Gasteiger partial charge in [0, 0.05) is 0 Å². The smallest absolute Gasteiger partial charge is 0.107 e. The summed E-state index contributed by atoms with van der Waals surface area (Å²) in [5.74, 6) is 0. The second-order valence-corrected chi connectivity index (χ2v) is 2.60. The van der Waals surface area contributed by atoms with Gasteiger partial charge in [0.15, 0.2) is 0 Å². The van der Waals surface area contributed by atoms with Crippen LogP contribution in [-0.2, 0) is 18.3 Å². The van der Waals surface area contributed by atoms with E-state index < -0.39 is 0 Å². The minimum Gasteiger partial charge on any atom is -0.107 e. The summed E-state index contributed by atoms with van der Waals surface area (Å²) in [4.78, 5) is 0. The molecule has 2 heteroatoms. The first-order valence-electron chi connectivity index (χ1n) is 1.21. The van der Waals surface area contributed by atoms with E-state index in [1.54, 1.807) is 0 Å². The summed E-state index contributed by atoms with van der Waals surface area (Å²) >= 11 is 1.44. The molecule has 0 heterocycles. The largest absolute Gasteiger partial charge is 0.107 e. The zero-order valence-corrected chi connectivity index (χ0v) is 8.12. The molecule has 0 saturated carbocycles. The third kappa shape index (κ3) is 10.1. The van der Waals surface area contributed by atoms with Crippen molar-refractivity contribution in [3.8, 4) is 0 Å². The zero-order chi connectivity index (χ0) is 2.71. The second-order valence-electron chi connectivity index (χ2n) is 0.500. The topological polar surface area (TPSA) is 0 Å². The van der Waals surface area contributed by atoms with Crippen molar-refractivity contribution in [1.29, 1.82) is 0 Å². The average molecular weight is 222 g/mol.